The summed E-state index contributed by atoms with van der Waals surface area (Å²) < 4.78 is 28.0. The summed E-state index contributed by atoms with van der Waals surface area (Å²) in [5.74, 6) is 0.225. The van der Waals surface area contributed by atoms with Crippen LogP contribution >= 0.6 is 0 Å². The van der Waals surface area contributed by atoms with Gasteiger partial charge in [0.2, 0.25) is 0 Å². The third-order valence-corrected chi connectivity index (χ3v) is 4.62. The molecule has 1 saturated carbocycles. The molecule has 2 N–H and O–H groups in total. The van der Waals surface area contributed by atoms with Crippen molar-refractivity contribution in [2.75, 3.05) is 18.6 Å². The molecule has 1 aliphatic rings. The van der Waals surface area contributed by atoms with Crippen LogP contribution in [0.4, 0.5) is 0 Å². The van der Waals surface area contributed by atoms with Crippen molar-refractivity contribution in [2.45, 2.75) is 57.1 Å². The van der Waals surface area contributed by atoms with Gasteiger partial charge in [0.15, 0.2) is 0 Å². The topological polar surface area (TPSA) is 69.4 Å². The van der Waals surface area contributed by atoms with E-state index in [0.29, 0.717) is 13.0 Å². The number of sulfone groups is 1. The Hall–Kier alpha value is -0.130. The van der Waals surface area contributed by atoms with Crippen LogP contribution in [0.1, 0.15) is 45.4 Å². The Balaban J connectivity index is 2.46. The van der Waals surface area contributed by atoms with Crippen molar-refractivity contribution in [3.8, 4) is 0 Å². The molecule has 102 valence electrons. The Morgan fingerprint density at radius 3 is 2.41 bits per heavy atom. The monoisotopic (exact) mass is 263 g/mol. The van der Waals surface area contributed by atoms with Gasteiger partial charge in [-0.2, -0.15) is 0 Å². The van der Waals surface area contributed by atoms with E-state index in [4.69, 9.17) is 10.5 Å². The van der Waals surface area contributed by atoms with Gasteiger partial charge in [0, 0.05) is 24.7 Å². The minimum Gasteiger partial charge on any atom is -0.374 e. The Labute approximate surface area is 105 Å². The van der Waals surface area contributed by atoms with Crippen LogP contribution in [0, 0.1) is 0 Å². The number of nitrogens with two attached hydrogens (primary N) is 1. The summed E-state index contributed by atoms with van der Waals surface area (Å²) in [5, 5.41) is 0. The van der Waals surface area contributed by atoms with Crippen LogP contribution in [0.2, 0.25) is 0 Å². The predicted molar refractivity (Wildman–Crippen MR) is 69.7 cm³/mol. The minimum absolute atomic E-state index is 0.0355. The molecule has 0 saturated heterocycles. The van der Waals surface area contributed by atoms with E-state index in [1.54, 1.807) is 0 Å². The summed E-state index contributed by atoms with van der Waals surface area (Å²) in [7, 11) is -2.87. The van der Waals surface area contributed by atoms with Gasteiger partial charge in [0.25, 0.3) is 0 Å². The van der Waals surface area contributed by atoms with Crippen LogP contribution in [-0.2, 0) is 14.6 Å². The first-order valence-electron chi connectivity index (χ1n) is 6.47. The first-order valence-corrected chi connectivity index (χ1v) is 8.53. The highest BCUT2D eigenvalue weighted by molar-refractivity contribution is 7.90. The summed E-state index contributed by atoms with van der Waals surface area (Å²) >= 11 is 0. The molecule has 1 aliphatic carbocycles. The maximum Gasteiger partial charge on any atom is 0.147 e. The largest absolute Gasteiger partial charge is 0.374 e. The van der Waals surface area contributed by atoms with Gasteiger partial charge >= 0.3 is 0 Å². The van der Waals surface area contributed by atoms with Gasteiger partial charge in [0.05, 0.1) is 5.60 Å². The molecule has 1 fully saturated rings. The average molecular weight is 263 g/mol. The third kappa shape index (κ3) is 4.56. The molecule has 0 aromatic rings. The zero-order valence-corrected chi connectivity index (χ0v) is 11.8. The Kier molecular flexibility index (Phi) is 5.41. The van der Waals surface area contributed by atoms with Crippen molar-refractivity contribution in [3.63, 3.8) is 0 Å². The van der Waals surface area contributed by atoms with E-state index in [-0.39, 0.29) is 17.4 Å². The van der Waals surface area contributed by atoms with E-state index in [1.165, 1.54) is 19.1 Å². The minimum atomic E-state index is -2.87. The van der Waals surface area contributed by atoms with Crippen LogP contribution in [-0.4, -0.2) is 38.7 Å². The fourth-order valence-electron chi connectivity index (χ4n) is 2.71. The molecular weight excluding hydrogens is 238 g/mol. The Morgan fingerprint density at radius 2 is 1.94 bits per heavy atom. The molecule has 0 radical (unpaired) electrons. The molecule has 0 bridgehead atoms. The zero-order valence-electron chi connectivity index (χ0n) is 10.9. The molecule has 0 aromatic carbocycles. The molecule has 1 rings (SSSR count). The second-order valence-electron chi connectivity index (χ2n) is 5.08. The van der Waals surface area contributed by atoms with Gasteiger partial charge in [-0.05, 0) is 32.6 Å². The molecule has 0 spiro atoms. The Bertz CT molecular complexity index is 321. The lowest BCUT2D eigenvalue weighted by atomic mass is 9.89. The molecule has 17 heavy (non-hydrogen) atoms. The van der Waals surface area contributed by atoms with E-state index in [2.05, 4.69) is 0 Å². The van der Waals surface area contributed by atoms with Crippen molar-refractivity contribution in [2.24, 2.45) is 5.73 Å². The molecule has 0 aliphatic heterocycles. The smallest absolute Gasteiger partial charge is 0.147 e. The van der Waals surface area contributed by atoms with E-state index in [0.717, 1.165) is 19.3 Å². The van der Waals surface area contributed by atoms with Gasteiger partial charge in [-0.15, -0.1) is 0 Å². The lowest BCUT2D eigenvalue weighted by molar-refractivity contribution is -0.0543. The summed E-state index contributed by atoms with van der Waals surface area (Å²) in [4.78, 5) is 0. The zero-order chi connectivity index (χ0) is 12.9. The Morgan fingerprint density at radius 1 is 1.35 bits per heavy atom. The molecular formula is C12H25NO3S. The van der Waals surface area contributed by atoms with Crippen LogP contribution < -0.4 is 5.73 Å². The number of rotatable bonds is 7. The highest BCUT2D eigenvalue weighted by Gasteiger charge is 2.39. The molecule has 1 atom stereocenters. The van der Waals surface area contributed by atoms with Gasteiger partial charge in [-0.1, -0.05) is 12.8 Å². The number of hydrogen-bond acceptors (Lipinski definition) is 4. The second kappa shape index (κ2) is 6.16. The SMILES string of the molecule is CCOC1(C(N)CCCS(C)(=O)=O)CCCC1. The van der Waals surface area contributed by atoms with E-state index in [1.807, 2.05) is 6.92 Å². The van der Waals surface area contributed by atoms with E-state index >= 15 is 0 Å². The molecule has 0 heterocycles. The summed E-state index contributed by atoms with van der Waals surface area (Å²) in [6.07, 6.45) is 7.00. The summed E-state index contributed by atoms with van der Waals surface area (Å²) in [6, 6.07) is -0.0355. The fourth-order valence-corrected chi connectivity index (χ4v) is 3.40. The normalized spacial score (nSPS) is 21.6. The predicted octanol–water partition coefficient (Wildman–Crippen LogP) is 1.49. The molecule has 0 amide bonds. The van der Waals surface area contributed by atoms with Crippen molar-refractivity contribution in [1.82, 2.24) is 0 Å². The number of ether oxygens (including phenoxy) is 1. The van der Waals surface area contributed by atoms with Gasteiger partial charge in [-0.3, -0.25) is 0 Å². The van der Waals surface area contributed by atoms with Crippen molar-refractivity contribution in [1.29, 1.82) is 0 Å². The molecule has 5 heteroatoms. The van der Waals surface area contributed by atoms with Crippen LogP contribution in [0.15, 0.2) is 0 Å². The number of hydrogen-bond donors (Lipinski definition) is 1. The van der Waals surface area contributed by atoms with Crippen LogP contribution in [0.25, 0.3) is 0 Å². The average Bonchev–Trinajstić information content (AvgIpc) is 2.66. The first kappa shape index (κ1) is 14.9. The van der Waals surface area contributed by atoms with Crippen molar-refractivity contribution >= 4 is 9.84 Å². The van der Waals surface area contributed by atoms with E-state index < -0.39 is 9.84 Å². The highest BCUT2D eigenvalue weighted by atomic mass is 32.2. The maximum atomic E-state index is 11.1. The van der Waals surface area contributed by atoms with Gasteiger partial charge < -0.3 is 10.5 Å². The van der Waals surface area contributed by atoms with Gasteiger partial charge in [-0.25, -0.2) is 8.42 Å². The van der Waals surface area contributed by atoms with Crippen LogP contribution in [0.5, 0.6) is 0 Å². The standard InChI is InChI=1S/C12H25NO3S/c1-3-16-12(8-4-5-9-12)11(13)7-6-10-17(2,14)15/h11H,3-10,13H2,1-2H3. The van der Waals surface area contributed by atoms with Crippen LogP contribution in [0.3, 0.4) is 0 Å². The van der Waals surface area contributed by atoms with E-state index in [9.17, 15) is 8.42 Å². The maximum absolute atomic E-state index is 11.1. The quantitative estimate of drug-likeness (QED) is 0.755. The van der Waals surface area contributed by atoms with Gasteiger partial charge in [0.1, 0.15) is 9.84 Å². The highest BCUT2D eigenvalue weighted by Crippen LogP contribution is 2.36. The third-order valence-electron chi connectivity index (χ3n) is 3.59. The lowest BCUT2D eigenvalue weighted by Crippen LogP contribution is -2.48. The molecule has 4 nitrogen and oxygen atoms in total. The van der Waals surface area contributed by atoms with Crippen molar-refractivity contribution in [3.05, 3.63) is 0 Å². The lowest BCUT2D eigenvalue weighted by Gasteiger charge is -2.35. The summed E-state index contributed by atoms with van der Waals surface area (Å²) in [5.41, 5.74) is 6.02. The molecule has 0 aromatic heterocycles. The first-order chi connectivity index (χ1) is 7.90. The fraction of sp³-hybridized carbons (Fsp3) is 1.00. The summed E-state index contributed by atoms with van der Waals surface area (Å²) in [6.45, 7) is 2.67. The second-order valence-corrected chi connectivity index (χ2v) is 7.34. The van der Waals surface area contributed by atoms with Crippen molar-refractivity contribution < 1.29 is 13.2 Å². The molecule has 1 unspecified atom stereocenters.